The Labute approximate surface area is 154 Å². The predicted molar refractivity (Wildman–Crippen MR) is 105 cm³/mol. The van der Waals surface area contributed by atoms with E-state index in [1.165, 1.54) is 5.56 Å². The van der Waals surface area contributed by atoms with E-state index in [4.69, 9.17) is 4.74 Å². The largest absolute Gasteiger partial charge is 0.484 e. The van der Waals surface area contributed by atoms with Crippen molar-refractivity contribution in [3.8, 4) is 5.75 Å². The van der Waals surface area contributed by atoms with Crippen LogP contribution >= 0.6 is 0 Å². The molecule has 5 nitrogen and oxygen atoms in total. The summed E-state index contributed by atoms with van der Waals surface area (Å²) < 4.78 is 5.53. The van der Waals surface area contributed by atoms with Crippen molar-refractivity contribution in [3.05, 3.63) is 53.6 Å². The summed E-state index contributed by atoms with van der Waals surface area (Å²) in [6, 6.07) is 12.8. The maximum absolute atomic E-state index is 12.1. The molecule has 0 spiro atoms. The SMILES string of the molecule is Cc1ccc(OCC(=O)Nc2cccc(NC(=O)C(C)(C)C)c2)cc1C. The lowest BCUT2D eigenvalue weighted by molar-refractivity contribution is -0.123. The number of amides is 2. The summed E-state index contributed by atoms with van der Waals surface area (Å²) in [5, 5.41) is 5.62. The highest BCUT2D eigenvalue weighted by Gasteiger charge is 2.21. The van der Waals surface area contributed by atoms with Crippen LogP contribution in [0, 0.1) is 19.3 Å². The second-order valence-corrected chi connectivity index (χ2v) is 7.37. The van der Waals surface area contributed by atoms with Gasteiger partial charge in [-0.25, -0.2) is 0 Å². The lowest BCUT2D eigenvalue weighted by Gasteiger charge is -2.18. The van der Waals surface area contributed by atoms with Crippen LogP contribution in [0.25, 0.3) is 0 Å². The highest BCUT2D eigenvalue weighted by Crippen LogP contribution is 2.20. The maximum atomic E-state index is 12.1. The molecule has 0 aliphatic rings. The first kappa shape index (κ1) is 19.5. The summed E-state index contributed by atoms with van der Waals surface area (Å²) in [6.07, 6.45) is 0. The van der Waals surface area contributed by atoms with Gasteiger partial charge in [-0.3, -0.25) is 9.59 Å². The molecule has 0 unspecified atom stereocenters. The normalized spacial score (nSPS) is 11.0. The molecule has 0 radical (unpaired) electrons. The number of benzene rings is 2. The lowest BCUT2D eigenvalue weighted by atomic mass is 9.95. The molecule has 0 fully saturated rings. The fraction of sp³-hybridized carbons (Fsp3) is 0.333. The zero-order valence-corrected chi connectivity index (χ0v) is 16.0. The zero-order valence-electron chi connectivity index (χ0n) is 16.0. The summed E-state index contributed by atoms with van der Waals surface area (Å²) in [7, 11) is 0. The van der Waals surface area contributed by atoms with Gasteiger partial charge in [0.1, 0.15) is 5.75 Å². The van der Waals surface area contributed by atoms with Crippen LogP contribution in [-0.4, -0.2) is 18.4 Å². The topological polar surface area (TPSA) is 67.4 Å². The number of ether oxygens (including phenoxy) is 1. The van der Waals surface area contributed by atoms with Crippen LogP contribution in [0.3, 0.4) is 0 Å². The number of hydrogen-bond acceptors (Lipinski definition) is 3. The van der Waals surface area contributed by atoms with Crippen molar-refractivity contribution in [1.29, 1.82) is 0 Å². The van der Waals surface area contributed by atoms with Crippen molar-refractivity contribution in [2.45, 2.75) is 34.6 Å². The average Bonchev–Trinajstić information content (AvgIpc) is 2.55. The van der Waals surface area contributed by atoms with Gasteiger partial charge in [-0.1, -0.05) is 32.9 Å². The highest BCUT2D eigenvalue weighted by molar-refractivity contribution is 5.96. The van der Waals surface area contributed by atoms with Crippen LogP contribution in [0.5, 0.6) is 5.75 Å². The van der Waals surface area contributed by atoms with Crippen molar-refractivity contribution in [2.75, 3.05) is 17.2 Å². The standard InChI is InChI=1S/C21H26N2O3/c1-14-9-10-18(11-15(14)2)26-13-19(24)22-16-7-6-8-17(12-16)23-20(25)21(3,4)5/h6-12H,13H2,1-5H3,(H,22,24)(H,23,25). The van der Waals surface area contributed by atoms with E-state index in [0.29, 0.717) is 17.1 Å². The molecular formula is C21H26N2O3. The minimum atomic E-state index is -0.487. The van der Waals surface area contributed by atoms with E-state index in [0.717, 1.165) is 5.56 Å². The Balaban J connectivity index is 1.93. The van der Waals surface area contributed by atoms with Gasteiger partial charge in [0, 0.05) is 16.8 Å². The van der Waals surface area contributed by atoms with Crippen molar-refractivity contribution in [3.63, 3.8) is 0 Å². The molecule has 0 saturated carbocycles. The molecule has 2 aromatic carbocycles. The first-order valence-corrected chi connectivity index (χ1v) is 8.56. The van der Waals surface area contributed by atoms with E-state index < -0.39 is 5.41 Å². The molecule has 2 rings (SSSR count). The monoisotopic (exact) mass is 354 g/mol. The van der Waals surface area contributed by atoms with Crippen molar-refractivity contribution in [2.24, 2.45) is 5.41 Å². The second-order valence-electron chi connectivity index (χ2n) is 7.37. The Morgan fingerprint density at radius 1 is 0.923 bits per heavy atom. The molecule has 0 heterocycles. The quantitative estimate of drug-likeness (QED) is 0.841. The Bertz CT molecular complexity index is 807. The number of hydrogen-bond donors (Lipinski definition) is 2. The minimum absolute atomic E-state index is 0.0823. The van der Waals surface area contributed by atoms with Crippen LogP contribution < -0.4 is 15.4 Å². The molecule has 138 valence electrons. The van der Waals surface area contributed by atoms with Gasteiger partial charge in [0.2, 0.25) is 5.91 Å². The Morgan fingerprint density at radius 3 is 2.19 bits per heavy atom. The van der Waals surface area contributed by atoms with Crippen LogP contribution in [0.2, 0.25) is 0 Å². The minimum Gasteiger partial charge on any atom is -0.484 e. The predicted octanol–water partition coefficient (Wildman–Crippen LogP) is 4.31. The van der Waals surface area contributed by atoms with Gasteiger partial charge in [-0.2, -0.15) is 0 Å². The molecule has 0 aliphatic carbocycles. The Kier molecular flexibility index (Phi) is 6.03. The maximum Gasteiger partial charge on any atom is 0.262 e. The van der Waals surface area contributed by atoms with E-state index in [2.05, 4.69) is 10.6 Å². The molecule has 0 aliphatic heterocycles. The summed E-state index contributed by atoms with van der Waals surface area (Å²) in [5.41, 5.74) is 3.04. The first-order chi connectivity index (χ1) is 12.1. The Morgan fingerprint density at radius 2 is 1.58 bits per heavy atom. The third-order valence-corrected chi connectivity index (χ3v) is 3.93. The number of nitrogens with one attached hydrogen (secondary N) is 2. The average molecular weight is 354 g/mol. The first-order valence-electron chi connectivity index (χ1n) is 8.56. The molecule has 2 N–H and O–H groups in total. The molecular weight excluding hydrogens is 328 g/mol. The van der Waals surface area contributed by atoms with Crippen LogP contribution in [0.4, 0.5) is 11.4 Å². The number of carbonyl (C=O) groups is 2. The smallest absolute Gasteiger partial charge is 0.262 e. The van der Waals surface area contributed by atoms with E-state index in [1.54, 1.807) is 24.3 Å². The molecule has 2 aromatic rings. The lowest BCUT2D eigenvalue weighted by Crippen LogP contribution is -2.27. The Hall–Kier alpha value is -2.82. The molecule has 0 aromatic heterocycles. The summed E-state index contributed by atoms with van der Waals surface area (Å²) in [6.45, 7) is 9.48. The summed E-state index contributed by atoms with van der Waals surface area (Å²) >= 11 is 0. The highest BCUT2D eigenvalue weighted by atomic mass is 16.5. The number of carbonyl (C=O) groups excluding carboxylic acids is 2. The van der Waals surface area contributed by atoms with Crippen LogP contribution in [-0.2, 0) is 9.59 Å². The third kappa shape index (κ3) is 5.62. The second kappa shape index (κ2) is 8.04. The van der Waals surface area contributed by atoms with Gasteiger partial charge in [-0.15, -0.1) is 0 Å². The van der Waals surface area contributed by atoms with E-state index in [9.17, 15) is 9.59 Å². The van der Waals surface area contributed by atoms with Gasteiger partial charge in [0.25, 0.3) is 5.91 Å². The van der Waals surface area contributed by atoms with Gasteiger partial charge in [-0.05, 0) is 55.3 Å². The molecule has 2 amide bonds. The van der Waals surface area contributed by atoms with Crippen LogP contribution in [0.15, 0.2) is 42.5 Å². The zero-order chi connectivity index (χ0) is 19.3. The molecule has 0 saturated heterocycles. The van der Waals surface area contributed by atoms with Gasteiger partial charge >= 0.3 is 0 Å². The van der Waals surface area contributed by atoms with Crippen molar-refractivity contribution < 1.29 is 14.3 Å². The molecule has 0 bridgehead atoms. The fourth-order valence-corrected chi connectivity index (χ4v) is 2.14. The van der Waals surface area contributed by atoms with Crippen molar-refractivity contribution >= 4 is 23.2 Å². The van der Waals surface area contributed by atoms with E-state index >= 15 is 0 Å². The molecule has 0 atom stereocenters. The van der Waals surface area contributed by atoms with Crippen molar-refractivity contribution in [1.82, 2.24) is 0 Å². The summed E-state index contributed by atoms with van der Waals surface area (Å²) in [4.78, 5) is 24.2. The van der Waals surface area contributed by atoms with Gasteiger partial charge in [0.05, 0.1) is 0 Å². The van der Waals surface area contributed by atoms with Crippen LogP contribution in [0.1, 0.15) is 31.9 Å². The summed E-state index contributed by atoms with van der Waals surface area (Å²) in [5.74, 6) is 0.316. The van der Waals surface area contributed by atoms with E-state index in [-0.39, 0.29) is 18.4 Å². The number of aryl methyl sites for hydroxylation is 2. The van der Waals surface area contributed by atoms with E-state index in [1.807, 2.05) is 52.8 Å². The number of rotatable bonds is 5. The number of anilines is 2. The molecule has 5 heteroatoms. The fourth-order valence-electron chi connectivity index (χ4n) is 2.14. The third-order valence-electron chi connectivity index (χ3n) is 3.93. The molecule has 26 heavy (non-hydrogen) atoms. The van der Waals surface area contributed by atoms with Gasteiger partial charge in [0.15, 0.2) is 6.61 Å². The van der Waals surface area contributed by atoms with Gasteiger partial charge < -0.3 is 15.4 Å².